The predicted molar refractivity (Wildman–Crippen MR) is 86.7 cm³/mol. The second kappa shape index (κ2) is 6.67. The fourth-order valence-corrected chi connectivity index (χ4v) is 2.34. The monoisotopic (exact) mass is 329 g/mol. The number of nitrogens with one attached hydrogen (secondary N) is 1. The largest absolute Gasteiger partial charge is 0.451 e. The molecular weight excluding hydrogens is 317 g/mol. The summed E-state index contributed by atoms with van der Waals surface area (Å²) in [5, 5.41) is 3.35. The van der Waals surface area contributed by atoms with Crippen molar-refractivity contribution in [2.75, 3.05) is 0 Å². The highest BCUT2D eigenvalue weighted by atomic mass is 35.5. The van der Waals surface area contributed by atoms with Gasteiger partial charge in [-0.05, 0) is 48.0 Å². The number of rotatable bonds is 4. The first-order chi connectivity index (χ1) is 11.1. The zero-order valence-corrected chi connectivity index (χ0v) is 12.8. The minimum atomic E-state index is -0.335. The zero-order chi connectivity index (χ0) is 16.2. The summed E-state index contributed by atoms with van der Waals surface area (Å²) in [6, 6.07) is 16.4. The summed E-state index contributed by atoms with van der Waals surface area (Å²) in [7, 11) is 0. The molecule has 2 aromatic carbocycles. The molecule has 0 spiro atoms. The van der Waals surface area contributed by atoms with Crippen LogP contribution in [0.1, 0.15) is 16.1 Å². The molecule has 116 valence electrons. The molecule has 1 N–H and O–H groups in total. The fourth-order valence-electron chi connectivity index (χ4n) is 2.13. The lowest BCUT2D eigenvalue weighted by molar-refractivity contribution is 0.0924. The van der Waals surface area contributed by atoms with Crippen LogP contribution in [0.2, 0.25) is 5.02 Å². The number of halogens is 2. The van der Waals surface area contributed by atoms with Crippen LogP contribution in [0.4, 0.5) is 4.39 Å². The summed E-state index contributed by atoms with van der Waals surface area (Å²) in [5.74, 6) is 0.0422. The maximum atomic E-state index is 12.9. The van der Waals surface area contributed by atoms with Crippen LogP contribution in [0.15, 0.2) is 65.1 Å². The Bertz CT molecular complexity index is 827. The van der Waals surface area contributed by atoms with Crippen LogP contribution in [0.25, 0.3) is 11.3 Å². The zero-order valence-electron chi connectivity index (χ0n) is 12.1. The molecule has 0 aliphatic carbocycles. The van der Waals surface area contributed by atoms with Crippen molar-refractivity contribution in [1.29, 1.82) is 0 Å². The molecular formula is C18H13ClFNO2. The van der Waals surface area contributed by atoms with Gasteiger partial charge in [0.05, 0.1) is 0 Å². The molecule has 0 saturated heterocycles. The van der Waals surface area contributed by atoms with Crippen LogP contribution in [0, 0.1) is 5.82 Å². The van der Waals surface area contributed by atoms with Crippen molar-refractivity contribution >= 4 is 17.5 Å². The highest BCUT2D eigenvalue weighted by molar-refractivity contribution is 6.31. The van der Waals surface area contributed by atoms with E-state index in [-0.39, 0.29) is 17.5 Å². The molecule has 0 aliphatic heterocycles. The number of carbonyl (C=O) groups excluding carboxylic acids is 1. The van der Waals surface area contributed by atoms with Gasteiger partial charge < -0.3 is 9.73 Å². The van der Waals surface area contributed by atoms with Gasteiger partial charge in [-0.1, -0.05) is 29.8 Å². The molecule has 3 nitrogen and oxygen atoms in total. The second-order valence-corrected chi connectivity index (χ2v) is 5.35. The molecule has 0 aliphatic rings. The van der Waals surface area contributed by atoms with E-state index in [2.05, 4.69) is 5.32 Å². The summed E-state index contributed by atoms with van der Waals surface area (Å²) >= 11 is 6.05. The van der Waals surface area contributed by atoms with Crippen molar-refractivity contribution in [2.45, 2.75) is 6.54 Å². The van der Waals surface area contributed by atoms with E-state index in [0.29, 0.717) is 22.9 Å². The van der Waals surface area contributed by atoms with Crippen molar-refractivity contribution < 1.29 is 13.6 Å². The molecule has 3 aromatic rings. The van der Waals surface area contributed by atoms with Gasteiger partial charge in [0.2, 0.25) is 0 Å². The molecule has 0 bridgehead atoms. The summed E-state index contributed by atoms with van der Waals surface area (Å²) in [4.78, 5) is 12.1. The number of amides is 1. The van der Waals surface area contributed by atoms with Crippen molar-refractivity contribution in [1.82, 2.24) is 5.32 Å². The van der Waals surface area contributed by atoms with Crippen LogP contribution in [-0.4, -0.2) is 5.91 Å². The molecule has 0 radical (unpaired) electrons. The molecule has 1 aromatic heterocycles. The molecule has 0 atom stereocenters. The van der Waals surface area contributed by atoms with E-state index in [4.69, 9.17) is 16.0 Å². The average molecular weight is 330 g/mol. The topological polar surface area (TPSA) is 42.2 Å². The number of hydrogen-bond donors (Lipinski definition) is 1. The summed E-state index contributed by atoms with van der Waals surface area (Å²) in [6.07, 6.45) is 0. The van der Waals surface area contributed by atoms with Gasteiger partial charge >= 0.3 is 0 Å². The van der Waals surface area contributed by atoms with Gasteiger partial charge in [-0.25, -0.2) is 4.39 Å². The van der Waals surface area contributed by atoms with Gasteiger partial charge in [0.15, 0.2) is 5.76 Å². The quantitative estimate of drug-likeness (QED) is 0.755. The van der Waals surface area contributed by atoms with Crippen molar-refractivity contribution in [3.8, 4) is 11.3 Å². The van der Waals surface area contributed by atoms with Crippen LogP contribution in [0.3, 0.4) is 0 Å². The van der Waals surface area contributed by atoms with E-state index >= 15 is 0 Å². The predicted octanol–water partition coefficient (Wildman–Crippen LogP) is 4.67. The van der Waals surface area contributed by atoms with Crippen LogP contribution >= 0.6 is 11.6 Å². The van der Waals surface area contributed by atoms with E-state index in [1.165, 1.54) is 12.1 Å². The highest BCUT2D eigenvalue weighted by Crippen LogP contribution is 2.22. The fraction of sp³-hybridized carbons (Fsp3) is 0.0556. The Morgan fingerprint density at radius 3 is 2.52 bits per heavy atom. The van der Waals surface area contributed by atoms with E-state index in [0.717, 1.165) is 5.56 Å². The maximum absolute atomic E-state index is 12.9. The third-order valence-electron chi connectivity index (χ3n) is 3.36. The molecule has 0 saturated carbocycles. The number of furan rings is 1. The first kappa shape index (κ1) is 15.3. The summed E-state index contributed by atoms with van der Waals surface area (Å²) < 4.78 is 18.4. The lowest BCUT2D eigenvalue weighted by Crippen LogP contribution is -2.22. The Morgan fingerprint density at radius 1 is 1.04 bits per heavy atom. The van der Waals surface area contributed by atoms with Crippen LogP contribution < -0.4 is 5.32 Å². The molecule has 1 amide bonds. The minimum absolute atomic E-state index is 0.191. The molecule has 1 heterocycles. The van der Waals surface area contributed by atoms with Crippen LogP contribution in [0.5, 0.6) is 0 Å². The van der Waals surface area contributed by atoms with Gasteiger partial charge in [-0.15, -0.1) is 0 Å². The lowest BCUT2D eigenvalue weighted by Gasteiger charge is -2.05. The van der Waals surface area contributed by atoms with E-state index in [1.807, 2.05) is 18.2 Å². The Kier molecular flexibility index (Phi) is 4.44. The molecule has 5 heteroatoms. The standard InChI is InChI=1S/C18H13ClFNO2/c19-15-4-2-1-3-13(15)11-21-18(22)17-10-9-16(23-17)12-5-7-14(20)8-6-12/h1-10H,11H2,(H,21,22). The third kappa shape index (κ3) is 3.60. The molecule has 0 fully saturated rings. The number of carbonyl (C=O) groups is 1. The minimum Gasteiger partial charge on any atom is -0.451 e. The number of hydrogen-bond acceptors (Lipinski definition) is 2. The van der Waals surface area contributed by atoms with Gasteiger partial charge in [-0.2, -0.15) is 0 Å². The average Bonchev–Trinajstić information content (AvgIpc) is 3.04. The smallest absolute Gasteiger partial charge is 0.287 e. The molecule has 3 rings (SSSR count). The Hall–Kier alpha value is -2.59. The normalized spacial score (nSPS) is 10.5. The third-order valence-corrected chi connectivity index (χ3v) is 3.72. The summed E-state index contributed by atoms with van der Waals surface area (Å²) in [6.45, 7) is 0.311. The Balaban J connectivity index is 1.69. The van der Waals surface area contributed by atoms with Gasteiger partial charge in [0, 0.05) is 17.1 Å². The Morgan fingerprint density at radius 2 is 1.78 bits per heavy atom. The second-order valence-electron chi connectivity index (χ2n) is 4.94. The van der Waals surface area contributed by atoms with Crippen molar-refractivity contribution in [2.24, 2.45) is 0 Å². The van der Waals surface area contributed by atoms with Crippen molar-refractivity contribution in [3.63, 3.8) is 0 Å². The first-order valence-electron chi connectivity index (χ1n) is 7.01. The lowest BCUT2D eigenvalue weighted by atomic mass is 10.2. The van der Waals surface area contributed by atoms with Gasteiger partial charge in [0.25, 0.3) is 5.91 Å². The molecule has 0 unspecified atom stereocenters. The van der Waals surface area contributed by atoms with E-state index < -0.39 is 0 Å². The van der Waals surface area contributed by atoms with E-state index in [9.17, 15) is 9.18 Å². The van der Waals surface area contributed by atoms with E-state index in [1.54, 1.807) is 30.3 Å². The maximum Gasteiger partial charge on any atom is 0.287 e. The Labute approximate surface area is 137 Å². The van der Waals surface area contributed by atoms with Gasteiger partial charge in [-0.3, -0.25) is 4.79 Å². The highest BCUT2D eigenvalue weighted by Gasteiger charge is 2.12. The molecule has 23 heavy (non-hydrogen) atoms. The summed E-state index contributed by atoms with van der Waals surface area (Å²) in [5.41, 5.74) is 1.53. The number of benzene rings is 2. The van der Waals surface area contributed by atoms with Crippen LogP contribution in [-0.2, 0) is 6.54 Å². The SMILES string of the molecule is O=C(NCc1ccccc1Cl)c1ccc(-c2ccc(F)cc2)o1. The first-order valence-corrected chi connectivity index (χ1v) is 7.38. The van der Waals surface area contributed by atoms with Crippen molar-refractivity contribution in [3.05, 3.63) is 82.8 Å². The van der Waals surface area contributed by atoms with Gasteiger partial charge in [0.1, 0.15) is 11.6 Å².